The van der Waals surface area contributed by atoms with E-state index >= 15 is 0 Å². The van der Waals surface area contributed by atoms with E-state index in [1.807, 2.05) is 24.4 Å². The minimum Gasteiger partial charge on any atom is -0.658 e. The van der Waals surface area contributed by atoms with Crippen LogP contribution in [-0.4, -0.2) is 17.1 Å². The van der Waals surface area contributed by atoms with Gasteiger partial charge in [0.1, 0.15) is 0 Å². The molecule has 2 aromatic rings. The van der Waals surface area contributed by atoms with Crippen LogP contribution in [0.15, 0.2) is 48.7 Å². The molecule has 1 aromatic heterocycles. The molecule has 114 valence electrons. The summed E-state index contributed by atoms with van der Waals surface area (Å²) in [7, 11) is 0. The zero-order chi connectivity index (χ0) is 15.7. The van der Waals surface area contributed by atoms with E-state index in [1.165, 1.54) is 11.1 Å². The molecular weight excluding hydrogens is 263 g/mol. The van der Waals surface area contributed by atoms with Gasteiger partial charge in [-0.2, -0.15) is 0 Å². The van der Waals surface area contributed by atoms with E-state index in [-0.39, 0.29) is 18.9 Å². The van der Waals surface area contributed by atoms with E-state index in [4.69, 9.17) is 0 Å². The van der Waals surface area contributed by atoms with Crippen molar-refractivity contribution in [1.29, 1.82) is 0 Å². The maximum atomic E-state index is 4.36. The minimum absolute atomic E-state index is 0. The number of hydrogen-bond acceptors (Lipinski definition) is 1. The Bertz CT molecular complexity index is 504. The van der Waals surface area contributed by atoms with Gasteiger partial charge in [0.25, 0.3) is 0 Å². The molecule has 1 heterocycles. The van der Waals surface area contributed by atoms with Crippen LogP contribution in [0, 0.1) is 0 Å². The van der Waals surface area contributed by atoms with Crippen LogP contribution in [0.25, 0.3) is 16.6 Å². The van der Waals surface area contributed by atoms with Gasteiger partial charge < -0.3 is 5.32 Å². The molecule has 0 N–H and O–H groups in total. The maximum Gasteiger partial charge on any atom is 1.00 e. The van der Waals surface area contributed by atoms with Crippen LogP contribution in [0.1, 0.15) is 40.2 Å². The molecule has 0 amide bonds. The first-order valence-electron chi connectivity index (χ1n) is 7.73. The van der Waals surface area contributed by atoms with Crippen LogP contribution in [0.4, 0.5) is 0 Å². The van der Waals surface area contributed by atoms with Crippen LogP contribution >= 0.6 is 0 Å². The van der Waals surface area contributed by atoms with Crippen molar-refractivity contribution >= 4 is 0 Å². The van der Waals surface area contributed by atoms with E-state index in [0.717, 1.165) is 12.1 Å². The summed E-state index contributed by atoms with van der Waals surface area (Å²) < 4.78 is 0. The Morgan fingerprint density at radius 2 is 1.55 bits per heavy atom. The van der Waals surface area contributed by atoms with Crippen LogP contribution < -0.4 is 18.9 Å². The summed E-state index contributed by atoms with van der Waals surface area (Å²) in [5.41, 5.74) is 3.58. The van der Waals surface area contributed by atoms with Crippen molar-refractivity contribution in [3.05, 3.63) is 59.5 Å². The minimum atomic E-state index is 0. The van der Waals surface area contributed by atoms with Crippen molar-refractivity contribution in [3.63, 3.8) is 0 Å². The van der Waals surface area contributed by atoms with Crippen LogP contribution in [0.5, 0.6) is 0 Å². The van der Waals surface area contributed by atoms with Crippen LogP contribution in [0.3, 0.4) is 0 Å². The molecule has 0 aliphatic rings. The summed E-state index contributed by atoms with van der Waals surface area (Å²) in [6, 6.07) is 15.5. The van der Waals surface area contributed by atoms with E-state index < -0.39 is 0 Å². The molecule has 0 aliphatic heterocycles. The molecule has 0 saturated heterocycles. The summed E-state index contributed by atoms with van der Waals surface area (Å²) in [6.45, 7) is 10.5. The molecule has 0 saturated carbocycles. The normalized spacial score (nSPS) is 9.95. The third kappa shape index (κ3) is 8.39. The standard InChI is InChI=1S/C13H13N.C6H14N.Li/c1-2-11-8-9-14-13(10-11)12-6-4-3-5-7-12;1-5(2)7-6(3)4;/h3-10H,2H2,1H3;5-6H,1-4H3;/q;-1;+1. The Morgan fingerprint density at radius 3 is 2.00 bits per heavy atom. The molecule has 0 unspecified atom stereocenters. The van der Waals surface area contributed by atoms with Crippen molar-refractivity contribution in [2.45, 2.75) is 53.1 Å². The molecule has 2 nitrogen and oxygen atoms in total. The van der Waals surface area contributed by atoms with Crippen molar-refractivity contribution in [1.82, 2.24) is 4.98 Å². The molecule has 1 aromatic carbocycles. The van der Waals surface area contributed by atoms with Gasteiger partial charge in [-0.25, -0.2) is 0 Å². The Labute approximate surface area is 147 Å². The van der Waals surface area contributed by atoms with E-state index in [0.29, 0.717) is 12.1 Å². The zero-order valence-corrected chi connectivity index (χ0v) is 14.9. The van der Waals surface area contributed by atoms with E-state index in [1.54, 1.807) is 0 Å². The second-order valence-electron chi connectivity index (χ2n) is 5.61. The predicted octanol–water partition coefficient (Wildman–Crippen LogP) is 2.49. The predicted molar refractivity (Wildman–Crippen MR) is 92.7 cm³/mol. The topological polar surface area (TPSA) is 27.0 Å². The molecule has 0 bridgehead atoms. The van der Waals surface area contributed by atoms with Crippen molar-refractivity contribution in [3.8, 4) is 11.3 Å². The summed E-state index contributed by atoms with van der Waals surface area (Å²) >= 11 is 0. The monoisotopic (exact) mass is 290 g/mol. The zero-order valence-electron chi connectivity index (χ0n) is 14.9. The number of hydrogen-bond donors (Lipinski definition) is 0. The fourth-order valence-corrected chi connectivity index (χ4v) is 2.06. The van der Waals surface area contributed by atoms with Gasteiger partial charge in [-0.15, -0.1) is 12.1 Å². The number of rotatable bonds is 4. The summed E-state index contributed by atoms with van der Waals surface area (Å²) in [6.07, 6.45) is 2.93. The van der Waals surface area contributed by atoms with Gasteiger partial charge in [0.15, 0.2) is 0 Å². The molecular formula is C19H27LiN2. The summed E-state index contributed by atoms with van der Waals surface area (Å²) in [5.74, 6) is 0. The molecule has 0 spiro atoms. The Balaban J connectivity index is 0.000000478. The van der Waals surface area contributed by atoms with Crippen LogP contribution in [0.2, 0.25) is 0 Å². The first kappa shape index (κ1) is 20.9. The number of benzene rings is 1. The van der Waals surface area contributed by atoms with E-state index in [2.05, 4.69) is 69.2 Å². The summed E-state index contributed by atoms with van der Waals surface area (Å²) in [5, 5.41) is 4.28. The van der Waals surface area contributed by atoms with Gasteiger partial charge >= 0.3 is 18.9 Å². The Morgan fingerprint density at radius 1 is 0.955 bits per heavy atom. The Kier molecular flexibility index (Phi) is 10.9. The summed E-state index contributed by atoms with van der Waals surface area (Å²) in [4.78, 5) is 4.36. The third-order valence-corrected chi connectivity index (χ3v) is 2.90. The van der Waals surface area contributed by atoms with Gasteiger partial charge in [0.2, 0.25) is 0 Å². The van der Waals surface area contributed by atoms with Crippen molar-refractivity contribution < 1.29 is 18.9 Å². The molecule has 0 radical (unpaired) electrons. The number of aromatic nitrogens is 1. The average Bonchev–Trinajstić information content (AvgIpc) is 2.47. The fourth-order valence-electron chi connectivity index (χ4n) is 2.06. The van der Waals surface area contributed by atoms with Crippen molar-refractivity contribution in [2.75, 3.05) is 0 Å². The quantitative estimate of drug-likeness (QED) is 0.795. The number of aryl methyl sites for hydroxylation is 1. The van der Waals surface area contributed by atoms with Gasteiger partial charge in [-0.3, -0.25) is 4.98 Å². The average molecular weight is 290 g/mol. The van der Waals surface area contributed by atoms with Crippen LogP contribution in [-0.2, 0) is 6.42 Å². The van der Waals surface area contributed by atoms with Gasteiger partial charge in [-0.05, 0) is 24.1 Å². The largest absolute Gasteiger partial charge is 1.00 e. The number of nitrogens with zero attached hydrogens (tertiary/aromatic N) is 2. The van der Waals surface area contributed by atoms with Crippen molar-refractivity contribution in [2.24, 2.45) is 0 Å². The SMILES string of the molecule is CC(C)[N-]C(C)C.CCc1ccnc(-c2ccccc2)c1.[Li+]. The second kappa shape index (κ2) is 11.5. The van der Waals surface area contributed by atoms with Gasteiger partial charge in [0.05, 0.1) is 5.69 Å². The number of pyridine rings is 1. The second-order valence-corrected chi connectivity index (χ2v) is 5.61. The fraction of sp³-hybridized carbons (Fsp3) is 0.421. The molecule has 0 aliphatic carbocycles. The molecule has 2 rings (SSSR count). The van der Waals surface area contributed by atoms with Gasteiger partial charge in [0, 0.05) is 11.8 Å². The first-order valence-corrected chi connectivity index (χ1v) is 7.73. The molecule has 22 heavy (non-hydrogen) atoms. The smallest absolute Gasteiger partial charge is 0.658 e. The van der Waals surface area contributed by atoms with E-state index in [9.17, 15) is 0 Å². The van der Waals surface area contributed by atoms with Gasteiger partial charge in [-0.1, -0.05) is 65.0 Å². The molecule has 3 heteroatoms. The third-order valence-electron chi connectivity index (χ3n) is 2.90. The molecule has 0 atom stereocenters. The first-order chi connectivity index (χ1) is 10.0. The molecule has 0 fully saturated rings. The Hall–Kier alpha value is -1.07. The maximum absolute atomic E-state index is 4.36.